The highest BCUT2D eigenvalue weighted by atomic mass is 16.1. The lowest BCUT2D eigenvalue weighted by Gasteiger charge is -2.04. The molecule has 0 saturated heterocycles. The lowest BCUT2D eigenvalue weighted by atomic mass is 10.1. The number of carbonyl (C=O) groups is 1. The summed E-state index contributed by atoms with van der Waals surface area (Å²) in [5.41, 5.74) is 9.37. The van der Waals surface area contributed by atoms with Gasteiger partial charge in [0.1, 0.15) is 0 Å². The number of H-pyrrole nitrogens is 1. The van der Waals surface area contributed by atoms with Gasteiger partial charge in [-0.05, 0) is 25.8 Å². The summed E-state index contributed by atoms with van der Waals surface area (Å²) < 4.78 is 0. The summed E-state index contributed by atoms with van der Waals surface area (Å²) in [6, 6.07) is 8.14. The Kier molecular flexibility index (Phi) is 3.85. The van der Waals surface area contributed by atoms with E-state index in [2.05, 4.69) is 21.6 Å². The van der Waals surface area contributed by atoms with Crippen molar-refractivity contribution in [3.05, 3.63) is 41.1 Å². The molecule has 0 aliphatic carbocycles. The Morgan fingerprint density at radius 3 is 2.84 bits per heavy atom. The van der Waals surface area contributed by atoms with Gasteiger partial charge in [-0.25, -0.2) is 0 Å². The summed E-state index contributed by atoms with van der Waals surface area (Å²) in [6.07, 6.45) is 1.12. The molecule has 0 radical (unpaired) electrons. The first-order valence-electron chi connectivity index (χ1n) is 6.22. The minimum atomic E-state index is -0.0836. The highest BCUT2D eigenvalue weighted by Gasteiger charge is 2.10. The molecule has 1 aromatic heterocycles. The number of hydrogen-bond acceptors (Lipinski definition) is 3. The molecule has 2 rings (SSSR count). The third-order valence-corrected chi connectivity index (χ3v) is 2.98. The predicted molar refractivity (Wildman–Crippen MR) is 75.9 cm³/mol. The maximum Gasteiger partial charge on any atom is 0.225 e. The van der Waals surface area contributed by atoms with Crippen molar-refractivity contribution in [3.63, 3.8) is 0 Å². The fourth-order valence-corrected chi connectivity index (χ4v) is 1.85. The van der Waals surface area contributed by atoms with Crippen LogP contribution < -0.4 is 11.1 Å². The van der Waals surface area contributed by atoms with Gasteiger partial charge in [0.15, 0.2) is 5.82 Å². The average Bonchev–Trinajstić information content (AvgIpc) is 2.69. The maximum absolute atomic E-state index is 11.8. The quantitative estimate of drug-likeness (QED) is 0.786. The number of nitrogens with two attached hydrogens (primary N) is 1. The second kappa shape index (κ2) is 5.56. The van der Waals surface area contributed by atoms with Gasteiger partial charge in [0.05, 0.1) is 11.4 Å². The van der Waals surface area contributed by atoms with E-state index in [0.717, 1.165) is 11.3 Å². The van der Waals surface area contributed by atoms with E-state index in [1.807, 2.05) is 32.0 Å². The molecule has 0 aliphatic rings. The Balaban J connectivity index is 1.90. The van der Waals surface area contributed by atoms with Crippen LogP contribution in [-0.2, 0) is 11.2 Å². The summed E-state index contributed by atoms with van der Waals surface area (Å²) in [6.45, 7) is 3.85. The number of nitrogens with one attached hydrogen (secondary N) is 2. The van der Waals surface area contributed by atoms with Crippen molar-refractivity contribution >= 4 is 17.4 Å². The minimum Gasteiger partial charge on any atom is -0.394 e. The Bertz CT molecular complexity index is 589. The van der Waals surface area contributed by atoms with Gasteiger partial charge in [0, 0.05) is 6.42 Å². The smallest absolute Gasteiger partial charge is 0.225 e. The van der Waals surface area contributed by atoms with E-state index in [9.17, 15) is 4.79 Å². The van der Waals surface area contributed by atoms with Crippen LogP contribution in [0.3, 0.4) is 0 Å². The molecular formula is C14H18N4O. The van der Waals surface area contributed by atoms with Crippen molar-refractivity contribution in [1.29, 1.82) is 0 Å². The molecule has 0 atom stereocenters. The average molecular weight is 258 g/mol. The summed E-state index contributed by atoms with van der Waals surface area (Å²) >= 11 is 0. The van der Waals surface area contributed by atoms with E-state index in [1.165, 1.54) is 5.56 Å². The Morgan fingerprint density at radius 2 is 2.21 bits per heavy atom. The van der Waals surface area contributed by atoms with Gasteiger partial charge in [0.2, 0.25) is 5.91 Å². The van der Waals surface area contributed by atoms with Crippen molar-refractivity contribution in [3.8, 4) is 0 Å². The van der Waals surface area contributed by atoms with Crippen LogP contribution in [0, 0.1) is 13.8 Å². The molecular weight excluding hydrogens is 240 g/mol. The van der Waals surface area contributed by atoms with Crippen LogP contribution in [0.1, 0.15) is 23.2 Å². The molecule has 2 aromatic rings. The second-order valence-electron chi connectivity index (χ2n) is 4.65. The van der Waals surface area contributed by atoms with Gasteiger partial charge in [-0.3, -0.25) is 9.89 Å². The number of amides is 1. The lowest BCUT2D eigenvalue weighted by Crippen LogP contribution is -2.13. The largest absolute Gasteiger partial charge is 0.394 e. The predicted octanol–water partition coefficient (Wildman–Crippen LogP) is 2.18. The van der Waals surface area contributed by atoms with Crippen LogP contribution in [0.25, 0.3) is 0 Å². The molecule has 0 spiro atoms. The zero-order valence-electron chi connectivity index (χ0n) is 11.2. The number of aromatic nitrogens is 2. The number of aromatic amines is 1. The summed E-state index contributed by atoms with van der Waals surface area (Å²) in [5, 5.41) is 9.39. The SMILES string of the molecule is Cc1cccc(CCC(=O)Nc2n[nH]c(C)c2N)c1. The van der Waals surface area contributed by atoms with E-state index < -0.39 is 0 Å². The topological polar surface area (TPSA) is 83.8 Å². The monoisotopic (exact) mass is 258 g/mol. The minimum absolute atomic E-state index is 0.0836. The van der Waals surface area contributed by atoms with Gasteiger partial charge in [-0.1, -0.05) is 29.8 Å². The van der Waals surface area contributed by atoms with Crippen LogP contribution in [-0.4, -0.2) is 16.1 Å². The molecule has 1 heterocycles. The second-order valence-corrected chi connectivity index (χ2v) is 4.65. The molecule has 0 aliphatic heterocycles. The maximum atomic E-state index is 11.8. The van der Waals surface area contributed by atoms with Crippen LogP contribution in [0.15, 0.2) is 24.3 Å². The molecule has 1 aromatic carbocycles. The molecule has 0 bridgehead atoms. The van der Waals surface area contributed by atoms with Crippen molar-refractivity contribution < 1.29 is 4.79 Å². The highest BCUT2D eigenvalue weighted by Crippen LogP contribution is 2.18. The fraction of sp³-hybridized carbons (Fsp3) is 0.286. The molecule has 0 unspecified atom stereocenters. The number of nitrogen functional groups attached to an aromatic ring is 1. The van der Waals surface area contributed by atoms with Crippen LogP contribution in [0.5, 0.6) is 0 Å². The van der Waals surface area contributed by atoms with Crippen LogP contribution in [0.4, 0.5) is 11.5 Å². The van der Waals surface area contributed by atoms with Gasteiger partial charge >= 0.3 is 0 Å². The first-order valence-corrected chi connectivity index (χ1v) is 6.22. The van der Waals surface area contributed by atoms with E-state index >= 15 is 0 Å². The molecule has 4 N–H and O–H groups in total. The zero-order chi connectivity index (χ0) is 13.8. The zero-order valence-corrected chi connectivity index (χ0v) is 11.2. The summed E-state index contributed by atoms with van der Waals surface area (Å²) in [7, 11) is 0. The molecule has 5 nitrogen and oxygen atoms in total. The third kappa shape index (κ3) is 3.34. The van der Waals surface area contributed by atoms with Gasteiger partial charge < -0.3 is 11.1 Å². The first-order chi connectivity index (χ1) is 9.06. The molecule has 100 valence electrons. The number of benzene rings is 1. The number of carbonyl (C=O) groups excluding carboxylic acids is 1. The summed E-state index contributed by atoms with van der Waals surface area (Å²) in [4.78, 5) is 11.8. The highest BCUT2D eigenvalue weighted by molar-refractivity contribution is 5.92. The van der Waals surface area contributed by atoms with E-state index in [0.29, 0.717) is 24.3 Å². The van der Waals surface area contributed by atoms with Crippen molar-refractivity contribution in [2.75, 3.05) is 11.1 Å². The number of anilines is 2. The number of hydrogen-bond donors (Lipinski definition) is 3. The van der Waals surface area contributed by atoms with Crippen LogP contribution >= 0.6 is 0 Å². The molecule has 19 heavy (non-hydrogen) atoms. The first kappa shape index (κ1) is 13.1. The normalized spacial score (nSPS) is 10.4. The molecule has 0 saturated carbocycles. The van der Waals surface area contributed by atoms with Crippen molar-refractivity contribution in [1.82, 2.24) is 10.2 Å². The Labute approximate surface area is 112 Å². The van der Waals surface area contributed by atoms with Gasteiger partial charge in [-0.2, -0.15) is 5.10 Å². The Hall–Kier alpha value is -2.30. The summed E-state index contributed by atoms with van der Waals surface area (Å²) in [5.74, 6) is 0.325. The van der Waals surface area contributed by atoms with Crippen molar-refractivity contribution in [2.24, 2.45) is 0 Å². The number of nitrogens with zero attached hydrogens (tertiary/aromatic N) is 1. The standard InChI is InChI=1S/C14H18N4O/c1-9-4-3-5-11(8-9)6-7-12(19)16-14-13(15)10(2)17-18-14/h3-5,8H,6-7,15H2,1-2H3,(H2,16,17,18,19). The number of aryl methyl sites for hydroxylation is 3. The fourth-order valence-electron chi connectivity index (χ4n) is 1.85. The molecule has 0 fully saturated rings. The molecule has 1 amide bonds. The van der Waals surface area contributed by atoms with E-state index in [-0.39, 0.29) is 5.91 Å². The number of rotatable bonds is 4. The van der Waals surface area contributed by atoms with E-state index in [4.69, 9.17) is 5.73 Å². The van der Waals surface area contributed by atoms with Gasteiger partial charge in [-0.15, -0.1) is 0 Å². The third-order valence-electron chi connectivity index (χ3n) is 2.98. The van der Waals surface area contributed by atoms with Crippen LogP contribution in [0.2, 0.25) is 0 Å². The van der Waals surface area contributed by atoms with E-state index in [1.54, 1.807) is 0 Å². The van der Waals surface area contributed by atoms with Gasteiger partial charge in [0.25, 0.3) is 0 Å². The molecule has 5 heteroatoms. The lowest BCUT2D eigenvalue weighted by molar-refractivity contribution is -0.116. The Morgan fingerprint density at radius 1 is 1.42 bits per heavy atom. The van der Waals surface area contributed by atoms with Crippen molar-refractivity contribution in [2.45, 2.75) is 26.7 Å².